The Kier molecular flexibility index (Phi) is 4.34. The van der Waals surface area contributed by atoms with E-state index in [1.54, 1.807) is 14.2 Å². The Morgan fingerprint density at radius 2 is 1.77 bits per heavy atom. The molecule has 1 unspecified atom stereocenters. The lowest BCUT2D eigenvalue weighted by Gasteiger charge is -2.24. The highest BCUT2D eigenvalue weighted by atomic mass is 16.5. The van der Waals surface area contributed by atoms with E-state index in [0.717, 1.165) is 31.0 Å². The van der Waals surface area contributed by atoms with E-state index >= 15 is 0 Å². The van der Waals surface area contributed by atoms with Gasteiger partial charge >= 0.3 is 0 Å². The second-order valence-corrected chi connectivity index (χ2v) is 5.85. The molecule has 2 aromatic rings. The zero-order valence-corrected chi connectivity index (χ0v) is 13.5. The third-order valence-corrected chi connectivity index (χ3v) is 4.48. The van der Waals surface area contributed by atoms with Crippen LogP contribution in [0.1, 0.15) is 22.6 Å². The number of fused-ring (bicyclic) bond motifs is 1. The zero-order valence-electron chi connectivity index (χ0n) is 13.5. The molecule has 22 heavy (non-hydrogen) atoms. The molecular weight excluding hydrogens is 274 g/mol. The Morgan fingerprint density at radius 1 is 1.00 bits per heavy atom. The van der Waals surface area contributed by atoms with Gasteiger partial charge in [-0.2, -0.15) is 0 Å². The van der Waals surface area contributed by atoms with E-state index in [4.69, 9.17) is 9.47 Å². The minimum Gasteiger partial charge on any atom is -0.493 e. The third kappa shape index (κ3) is 2.69. The highest BCUT2D eigenvalue weighted by Crippen LogP contribution is 2.42. The van der Waals surface area contributed by atoms with Crippen molar-refractivity contribution in [2.24, 2.45) is 0 Å². The van der Waals surface area contributed by atoms with Crippen molar-refractivity contribution in [2.45, 2.75) is 12.3 Å². The first-order valence-electron chi connectivity index (χ1n) is 7.71. The quantitative estimate of drug-likeness (QED) is 0.867. The number of benzene rings is 2. The molecule has 3 heteroatoms. The molecule has 1 aliphatic heterocycles. The first-order valence-corrected chi connectivity index (χ1v) is 7.71. The monoisotopic (exact) mass is 297 g/mol. The molecule has 3 rings (SSSR count). The number of methoxy groups -OCH3 is 2. The van der Waals surface area contributed by atoms with Crippen LogP contribution >= 0.6 is 0 Å². The van der Waals surface area contributed by atoms with Gasteiger partial charge < -0.3 is 14.4 Å². The molecule has 0 radical (unpaired) electrons. The van der Waals surface area contributed by atoms with Crippen LogP contribution in [0.4, 0.5) is 0 Å². The average molecular weight is 297 g/mol. The van der Waals surface area contributed by atoms with Crippen LogP contribution in [0.3, 0.4) is 0 Å². The van der Waals surface area contributed by atoms with Crippen LogP contribution in [0, 0.1) is 0 Å². The van der Waals surface area contributed by atoms with E-state index < -0.39 is 0 Å². The number of nitrogens with zero attached hydrogens (tertiary/aromatic N) is 1. The Bertz CT molecular complexity index is 639. The van der Waals surface area contributed by atoms with Gasteiger partial charge in [-0.3, -0.25) is 0 Å². The van der Waals surface area contributed by atoms with Crippen LogP contribution in [0.2, 0.25) is 0 Å². The number of likely N-dealkylation sites (N-methyl/N-ethyl adjacent to an activating group) is 1. The van der Waals surface area contributed by atoms with E-state index in [0.29, 0.717) is 5.92 Å². The van der Waals surface area contributed by atoms with Crippen LogP contribution < -0.4 is 9.47 Å². The Morgan fingerprint density at radius 3 is 2.45 bits per heavy atom. The van der Waals surface area contributed by atoms with Gasteiger partial charge in [0.25, 0.3) is 0 Å². The Hall–Kier alpha value is -2.00. The van der Waals surface area contributed by atoms with Crippen LogP contribution in [-0.4, -0.2) is 39.3 Å². The van der Waals surface area contributed by atoms with Gasteiger partial charge in [-0.05, 0) is 30.7 Å². The number of hydrogen-bond donors (Lipinski definition) is 0. The maximum absolute atomic E-state index is 5.73. The van der Waals surface area contributed by atoms with Crippen LogP contribution in [-0.2, 0) is 6.42 Å². The number of ether oxygens (including phenoxy) is 2. The van der Waals surface area contributed by atoms with Gasteiger partial charge in [-0.25, -0.2) is 0 Å². The minimum absolute atomic E-state index is 0.300. The summed E-state index contributed by atoms with van der Waals surface area (Å²) in [5.41, 5.74) is 3.96. The van der Waals surface area contributed by atoms with E-state index in [9.17, 15) is 0 Å². The minimum atomic E-state index is 0.300. The fourth-order valence-corrected chi connectivity index (χ4v) is 3.35. The van der Waals surface area contributed by atoms with Crippen LogP contribution in [0.15, 0.2) is 42.5 Å². The first kappa shape index (κ1) is 14.9. The first-order chi connectivity index (χ1) is 10.7. The fourth-order valence-electron chi connectivity index (χ4n) is 3.35. The SMILES string of the molecule is COc1ccc2c(c1OC)C(c1ccccc1)CN(C)CC2. The molecule has 0 N–H and O–H groups in total. The zero-order chi connectivity index (χ0) is 15.5. The molecule has 1 atom stereocenters. The van der Waals surface area contributed by atoms with Gasteiger partial charge in [0.15, 0.2) is 11.5 Å². The van der Waals surface area contributed by atoms with Crippen molar-refractivity contribution >= 4 is 0 Å². The molecule has 2 aromatic carbocycles. The lowest BCUT2D eigenvalue weighted by Crippen LogP contribution is -2.24. The van der Waals surface area contributed by atoms with Crippen molar-refractivity contribution in [2.75, 3.05) is 34.4 Å². The van der Waals surface area contributed by atoms with Crippen LogP contribution in [0.5, 0.6) is 11.5 Å². The highest BCUT2D eigenvalue weighted by molar-refractivity contribution is 5.55. The molecule has 0 bridgehead atoms. The molecule has 1 heterocycles. The van der Waals surface area contributed by atoms with Gasteiger partial charge in [0.1, 0.15) is 0 Å². The second-order valence-electron chi connectivity index (χ2n) is 5.85. The van der Waals surface area contributed by atoms with Gasteiger partial charge in [-0.1, -0.05) is 36.4 Å². The lowest BCUT2D eigenvalue weighted by molar-refractivity contribution is 0.330. The summed E-state index contributed by atoms with van der Waals surface area (Å²) in [6, 6.07) is 14.9. The summed E-state index contributed by atoms with van der Waals surface area (Å²) < 4.78 is 11.2. The molecule has 1 aliphatic rings. The summed E-state index contributed by atoms with van der Waals surface area (Å²) in [6.07, 6.45) is 1.04. The number of rotatable bonds is 3. The van der Waals surface area contributed by atoms with E-state index in [-0.39, 0.29) is 0 Å². The molecule has 0 amide bonds. The standard InChI is InChI=1S/C19H23NO2/c1-20-12-11-15-9-10-17(21-2)19(22-3)18(15)16(13-20)14-7-5-4-6-8-14/h4-10,16H,11-13H2,1-3H3. The van der Waals surface area contributed by atoms with E-state index in [2.05, 4.69) is 48.3 Å². The molecule has 0 saturated carbocycles. The predicted octanol–water partition coefficient (Wildman–Crippen LogP) is 3.32. The van der Waals surface area contributed by atoms with Crippen molar-refractivity contribution in [3.8, 4) is 11.5 Å². The maximum atomic E-state index is 5.73. The molecule has 116 valence electrons. The van der Waals surface area contributed by atoms with Gasteiger partial charge in [0, 0.05) is 24.6 Å². The second kappa shape index (κ2) is 6.41. The smallest absolute Gasteiger partial charge is 0.164 e. The van der Waals surface area contributed by atoms with Crippen molar-refractivity contribution < 1.29 is 9.47 Å². The van der Waals surface area contributed by atoms with E-state index in [1.807, 2.05) is 6.07 Å². The molecule has 3 nitrogen and oxygen atoms in total. The number of hydrogen-bond acceptors (Lipinski definition) is 3. The average Bonchev–Trinajstić information content (AvgIpc) is 2.74. The van der Waals surface area contributed by atoms with Crippen molar-refractivity contribution in [1.29, 1.82) is 0 Å². The van der Waals surface area contributed by atoms with Crippen LogP contribution in [0.25, 0.3) is 0 Å². The normalized spacial score (nSPS) is 18.4. The van der Waals surface area contributed by atoms with E-state index in [1.165, 1.54) is 16.7 Å². The summed E-state index contributed by atoms with van der Waals surface area (Å²) in [7, 11) is 5.62. The summed E-state index contributed by atoms with van der Waals surface area (Å²) in [6.45, 7) is 2.05. The van der Waals surface area contributed by atoms with Gasteiger partial charge in [0.2, 0.25) is 0 Å². The fraction of sp³-hybridized carbons (Fsp3) is 0.368. The molecule has 0 spiro atoms. The third-order valence-electron chi connectivity index (χ3n) is 4.48. The largest absolute Gasteiger partial charge is 0.493 e. The Labute approximate surface area is 132 Å². The van der Waals surface area contributed by atoms with Crippen molar-refractivity contribution in [3.63, 3.8) is 0 Å². The van der Waals surface area contributed by atoms with Crippen molar-refractivity contribution in [1.82, 2.24) is 4.90 Å². The highest BCUT2D eigenvalue weighted by Gasteiger charge is 2.28. The topological polar surface area (TPSA) is 21.7 Å². The summed E-state index contributed by atoms with van der Waals surface area (Å²) in [5.74, 6) is 1.99. The predicted molar refractivity (Wildman–Crippen MR) is 89.0 cm³/mol. The molecule has 0 aromatic heterocycles. The lowest BCUT2D eigenvalue weighted by atomic mass is 9.87. The van der Waals surface area contributed by atoms with Gasteiger partial charge in [-0.15, -0.1) is 0 Å². The van der Waals surface area contributed by atoms with Crippen molar-refractivity contribution in [3.05, 3.63) is 59.2 Å². The van der Waals surface area contributed by atoms with Gasteiger partial charge in [0.05, 0.1) is 14.2 Å². The maximum Gasteiger partial charge on any atom is 0.164 e. The molecule has 0 fully saturated rings. The molecule has 0 aliphatic carbocycles. The molecule has 0 saturated heterocycles. The Balaban J connectivity index is 2.19. The summed E-state index contributed by atoms with van der Waals surface area (Å²) in [4.78, 5) is 2.39. The summed E-state index contributed by atoms with van der Waals surface area (Å²) in [5, 5.41) is 0. The molecular formula is C19H23NO2. The summed E-state index contributed by atoms with van der Waals surface area (Å²) >= 11 is 0.